The topological polar surface area (TPSA) is 50.2 Å². The van der Waals surface area contributed by atoms with Crippen LogP contribution in [0.3, 0.4) is 0 Å². The summed E-state index contributed by atoms with van der Waals surface area (Å²) >= 11 is 1.43. The van der Waals surface area contributed by atoms with E-state index in [1.165, 1.54) is 23.5 Å². The minimum absolute atomic E-state index is 0.318. The maximum atomic E-state index is 13.1. The summed E-state index contributed by atoms with van der Waals surface area (Å²) in [6, 6.07) is 3.36. The average Bonchev–Trinajstić information content (AvgIpc) is 2.85. The summed E-state index contributed by atoms with van der Waals surface area (Å²) < 4.78 is 26.3. The number of carboxylic acids is 1. The van der Waals surface area contributed by atoms with E-state index in [1.807, 2.05) is 0 Å². The molecule has 2 aromatic rings. The third-order valence-corrected chi connectivity index (χ3v) is 4.47. The predicted octanol–water partition coefficient (Wildman–Crippen LogP) is 3.13. The quantitative estimate of drug-likeness (QED) is 0.946. The van der Waals surface area contributed by atoms with E-state index in [0.29, 0.717) is 35.5 Å². The smallest absolute Gasteiger partial charge is 0.312 e. The molecule has 0 aliphatic heterocycles. The van der Waals surface area contributed by atoms with E-state index in [-0.39, 0.29) is 0 Å². The normalized spacial score (nSPS) is 17.2. The highest BCUT2D eigenvalue weighted by atomic mass is 32.1. The number of fused-ring (bicyclic) bond motifs is 1. The molecule has 0 bridgehead atoms. The van der Waals surface area contributed by atoms with Gasteiger partial charge in [-0.05, 0) is 30.5 Å². The molecule has 0 radical (unpaired) electrons. The Labute approximate surface area is 117 Å². The molecule has 104 valence electrons. The second-order valence-corrected chi connectivity index (χ2v) is 5.97. The Bertz CT molecular complexity index is 664. The Morgan fingerprint density at radius 1 is 1.35 bits per heavy atom. The fraction of sp³-hybridized carbons (Fsp3) is 0.286. The van der Waals surface area contributed by atoms with Crippen LogP contribution in [0.4, 0.5) is 8.78 Å². The molecule has 0 saturated carbocycles. The van der Waals surface area contributed by atoms with Gasteiger partial charge in [-0.3, -0.25) is 4.79 Å². The van der Waals surface area contributed by atoms with Crippen molar-refractivity contribution in [3.8, 4) is 0 Å². The number of benzene rings is 1. The number of halogens is 2. The number of carbonyl (C=O) groups is 1. The lowest BCUT2D eigenvalue weighted by atomic mass is 10.1. The van der Waals surface area contributed by atoms with Crippen LogP contribution in [0.15, 0.2) is 18.2 Å². The van der Waals surface area contributed by atoms with Crippen molar-refractivity contribution in [2.24, 2.45) is 0 Å². The first kappa shape index (κ1) is 13.2. The molecule has 0 saturated heterocycles. The molecule has 0 spiro atoms. The zero-order valence-corrected chi connectivity index (χ0v) is 11.2. The zero-order valence-electron chi connectivity index (χ0n) is 10.4. The summed E-state index contributed by atoms with van der Waals surface area (Å²) in [6.07, 6.45) is 1.61. The van der Waals surface area contributed by atoms with Crippen molar-refractivity contribution < 1.29 is 18.7 Å². The largest absolute Gasteiger partial charge is 0.481 e. The highest BCUT2D eigenvalue weighted by molar-refractivity contribution is 7.11. The first-order valence-electron chi connectivity index (χ1n) is 6.19. The maximum absolute atomic E-state index is 13.1. The van der Waals surface area contributed by atoms with E-state index in [4.69, 9.17) is 5.11 Å². The molecule has 1 aliphatic carbocycles. The lowest BCUT2D eigenvalue weighted by Gasteiger charge is -2.02. The van der Waals surface area contributed by atoms with Gasteiger partial charge in [0.2, 0.25) is 0 Å². The molecule has 1 N–H and O–H groups in total. The zero-order chi connectivity index (χ0) is 14.3. The highest BCUT2D eigenvalue weighted by Crippen LogP contribution is 2.37. The van der Waals surface area contributed by atoms with Crippen LogP contribution in [0.25, 0.3) is 0 Å². The molecule has 1 atom stereocenters. The number of hydrogen-bond acceptors (Lipinski definition) is 3. The second-order valence-electron chi connectivity index (χ2n) is 4.80. The Kier molecular flexibility index (Phi) is 3.25. The van der Waals surface area contributed by atoms with Gasteiger partial charge in [0, 0.05) is 17.4 Å². The summed E-state index contributed by atoms with van der Waals surface area (Å²) in [5.41, 5.74) is 1.12. The van der Waals surface area contributed by atoms with Gasteiger partial charge < -0.3 is 5.11 Å². The molecule has 1 unspecified atom stereocenters. The Morgan fingerprint density at radius 3 is 2.70 bits per heavy atom. The van der Waals surface area contributed by atoms with Crippen molar-refractivity contribution in [2.75, 3.05) is 0 Å². The summed E-state index contributed by atoms with van der Waals surface area (Å²) in [5.74, 6) is -2.64. The number of rotatable bonds is 3. The molecular weight excluding hydrogens is 284 g/mol. The molecule has 1 heterocycles. The van der Waals surface area contributed by atoms with Crippen molar-refractivity contribution in [3.63, 3.8) is 0 Å². The van der Waals surface area contributed by atoms with Crippen LogP contribution >= 0.6 is 11.3 Å². The van der Waals surface area contributed by atoms with E-state index in [2.05, 4.69) is 4.98 Å². The predicted molar refractivity (Wildman–Crippen MR) is 70.0 cm³/mol. The molecule has 6 heteroatoms. The summed E-state index contributed by atoms with van der Waals surface area (Å²) in [6.45, 7) is 0. The van der Waals surface area contributed by atoms with E-state index in [0.717, 1.165) is 10.9 Å². The molecule has 20 heavy (non-hydrogen) atoms. The first-order chi connectivity index (χ1) is 9.52. The number of nitrogens with zero attached hydrogens (tertiary/aromatic N) is 1. The number of thiazole rings is 1. The number of aromatic nitrogens is 1. The summed E-state index contributed by atoms with van der Waals surface area (Å²) in [4.78, 5) is 16.4. The fourth-order valence-electron chi connectivity index (χ4n) is 2.48. The Morgan fingerprint density at radius 2 is 2.05 bits per heavy atom. The second kappa shape index (κ2) is 4.94. The third kappa shape index (κ3) is 2.43. The summed E-state index contributed by atoms with van der Waals surface area (Å²) in [7, 11) is 0. The minimum atomic E-state index is -0.864. The van der Waals surface area contributed by atoms with Crippen LogP contribution in [-0.2, 0) is 17.6 Å². The lowest BCUT2D eigenvalue weighted by molar-refractivity contribution is -0.138. The number of hydrogen-bond donors (Lipinski definition) is 1. The van der Waals surface area contributed by atoms with Gasteiger partial charge in [0.25, 0.3) is 0 Å². The molecule has 3 nitrogen and oxygen atoms in total. The van der Waals surface area contributed by atoms with Crippen LogP contribution < -0.4 is 0 Å². The van der Waals surface area contributed by atoms with Gasteiger partial charge in [-0.2, -0.15) is 0 Å². The molecule has 1 aliphatic rings. The monoisotopic (exact) mass is 295 g/mol. The number of aryl methyl sites for hydroxylation is 1. The molecule has 1 aromatic carbocycles. The van der Waals surface area contributed by atoms with E-state index in [1.54, 1.807) is 0 Å². The molecule has 1 aromatic heterocycles. The van der Waals surface area contributed by atoms with Crippen molar-refractivity contribution >= 4 is 17.3 Å². The molecule has 3 rings (SSSR count). The van der Waals surface area contributed by atoms with Gasteiger partial charge in [-0.25, -0.2) is 13.8 Å². The Balaban J connectivity index is 1.86. The van der Waals surface area contributed by atoms with Gasteiger partial charge in [0.15, 0.2) is 0 Å². The highest BCUT2D eigenvalue weighted by Gasteiger charge is 2.32. The molecule has 0 fully saturated rings. The number of aliphatic carboxylic acids is 1. The summed E-state index contributed by atoms with van der Waals surface area (Å²) in [5, 5.41) is 9.80. The lowest BCUT2D eigenvalue weighted by Crippen LogP contribution is -2.08. The average molecular weight is 295 g/mol. The minimum Gasteiger partial charge on any atom is -0.481 e. The van der Waals surface area contributed by atoms with Gasteiger partial charge in [0.05, 0.1) is 10.7 Å². The van der Waals surface area contributed by atoms with Crippen LogP contribution in [-0.4, -0.2) is 16.1 Å². The fourth-order valence-corrected chi connectivity index (χ4v) is 3.66. The van der Waals surface area contributed by atoms with Crippen LogP contribution in [0.5, 0.6) is 0 Å². The van der Waals surface area contributed by atoms with Gasteiger partial charge in [-0.15, -0.1) is 11.3 Å². The molecular formula is C14H11F2NO2S. The van der Waals surface area contributed by atoms with Gasteiger partial charge in [0.1, 0.15) is 17.6 Å². The standard InChI is InChI=1S/C14H11F2NO2S/c15-8-3-7(4-9(16)6-8)5-12-17-13-10(14(18)19)1-2-11(13)20-12/h3-4,6,10H,1-2,5H2,(H,18,19). The van der Waals surface area contributed by atoms with Crippen LogP contribution in [0, 0.1) is 11.6 Å². The van der Waals surface area contributed by atoms with E-state index < -0.39 is 23.5 Å². The van der Waals surface area contributed by atoms with Gasteiger partial charge >= 0.3 is 5.97 Å². The van der Waals surface area contributed by atoms with Gasteiger partial charge in [-0.1, -0.05) is 0 Å². The first-order valence-corrected chi connectivity index (χ1v) is 7.01. The van der Waals surface area contributed by atoms with E-state index >= 15 is 0 Å². The number of carboxylic acid groups (broad SMARTS) is 1. The van der Waals surface area contributed by atoms with Crippen molar-refractivity contribution in [3.05, 3.63) is 51.0 Å². The Hall–Kier alpha value is -1.82. The van der Waals surface area contributed by atoms with E-state index in [9.17, 15) is 13.6 Å². The van der Waals surface area contributed by atoms with Crippen molar-refractivity contribution in [2.45, 2.75) is 25.2 Å². The maximum Gasteiger partial charge on any atom is 0.312 e. The third-order valence-electron chi connectivity index (χ3n) is 3.34. The van der Waals surface area contributed by atoms with Crippen molar-refractivity contribution in [1.82, 2.24) is 4.98 Å². The SMILES string of the molecule is O=C(O)C1CCc2sc(Cc3cc(F)cc(F)c3)nc21. The van der Waals surface area contributed by atoms with Crippen molar-refractivity contribution in [1.29, 1.82) is 0 Å². The van der Waals surface area contributed by atoms with Crippen LogP contribution in [0.2, 0.25) is 0 Å². The van der Waals surface area contributed by atoms with Crippen LogP contribution in [0.1, 0.15) is 33.5 Å². The molecule has 0 amide bonds.